The van der Waals surface area contributed by atoms with E-state index in [4.69, 9.17) is 14.1 Å². The summed E-state index contributed by atoms with van der Waals surface area (Å²) in [6.07, 6.45) is 7.54. The van der Waals surface area contributed by atoms with Gasteiger partial charge in [-0.05, 0) is 123 Å². The first kappa shape index (κ1) is 47.0. The number of amides is 2. The molecule has 3 saturated heterocycles. The van der Waals surface area contributed by atoms with Crippen molar-refractivity contribution in [3.05, 3.63) is 92.4 Å². The van der Waals surface area contributed by atoms with E-state index in [1.807, 2.05) is 31.2 Å². The van der Waals surface area contributed by atoms with Gasteiger partial charge in [0.25, 0.3) is 0 Å². The molecule has 1 aliphatic carbocycles. The van der Waals surface area contributed by atoms with Crippen molar-refractivity contribution in [3.8, 4) is 5.75 Å². The van der Waals surface area contributed by atoms with E-state index < -0.39 is 36.6 Å². The molecule has 3 aromatic carbocycles. The smallest absolute Gasteiger partial charge is 0.420 e. The molecule has 1 unspecified atom stereocenters. The topological polar surface area (TPSA) is 180 Å². The number of hydrogen-bond acceptors (Lipinski definition) is 14. The molecule has 0 spiro atoms. The molecule has 4 fully saturated rings. The molecule has 1 atom stereocenters. The van der Waals surface area contributed by atoms with E-state index in [0.29, 0.717) is 46.5 Å². The van der Waals surface area contributed by atoms with Crippen LogP contribution in [0.1, 0.15) is 68.3 Å². The number of aromatic nitrogens is 4. The lowest BCUT2D eigenvalue weighted by molar-refractivity contribution is -0.135. The molecule has 69 heavy (non-hydrogen) atoms. The number of nitrogens with one attached hydrogen (secondary N) is 3. The van der Waals surface area contributed by atoms with Crippen molar-refractivity contribution in [2.24, 2.45) is 0 Å². The molecule has 6 heterocycles. The van der Waals surface area contributed by atoms with Gasteiger partial charge in [-0.3, -0.25) is 29.4 Å². The highest BCUT2D eigenvalue weighted by Gasteiger charge is 2.33. The molecular weight excluding hydrogens is 966 g/mol. The zero-order chi connectivity index (χ0) is 48.1. The fraction of sp³-hybridized carbons (Fsp3) is 0.440. The van der Waals surface area contributed by atoms with Gasteiger partial charge in [-0.15, -0.1) is 0 Å². The van der Waals surface area contributed by atoms with E-state index >= 15 is 4.39 Å². The number of aryl methyl sites for hydroxylation is 2. The first-order valence-corrected chi connectivity index (χ1v) is 27.3. The monoisotopic (exact) mass is 1020 g/mol. The van der Waals surface area contributed by atoms with Crippen LogP contribution in [0.3, 0.4) is 0 Å². The highest BCUT2D eigenvalue weighted by atomic mass is 79.9. The largest absolute Gasteiger partial charge is 0.488 e. The fourth-order valence-electron chi connectivity index (χ4n) is 10.1. The second-order valence-corrected chi connectivity index (χ2v) is 23.1. The molecule has 0 bridgehead atoms. The van der Waals surface area contributed by atoms with Crippen molar-refractivity contribution in [1.82, 2.24) is 34.6 Å². The number of halogens is 2. The minimum Gasteiger partial charge on any atom is -0.488 e. The van der Waals surface area contributed by atoms with Crippen LogP contribution in [0.15, 0.2) is 68.4 Å². The number of nitrogens with zero attached hydrogens (tertiary/aromatic N) is 7. The Kier molecular flexibility index (Phi) is 13.1. The number of oxazole rings is 1. The van der Waals surface area contributed by atoms with Crippen LogP contribution in [0.2, 0.25) is 0 Å². The van der Waals surface area contributed by atoms with E-state index in [0.717, 1.165) is 109 Å². The van der Waals surface area contributed by atoms with Crippen molar-refractivity contribution in [2.75, 3.05) is 74.7 Å². The van der Waals surface area contributed by atoms with Gasteiger partial charge >= 0.3 is 5.76 Å². The zero-order valence-electron chi connectivity index (χ0n) is 39.3. The number of carbonyl (C=O) groups excluding carboxylic acids is 2. The molecule has 1 saturated carbocycles. The van der Waals surface area contributed by atoms with E-state index in [2.05, 4.69) is 75.6 Å². The molecule has 3 aromatic heterocycles. The number of benzene rings is 3. The van der Waals surface area contributed by atoms with Crippen molar-refractivity contribution >= 4 is 91.0 Å². The predicted molar refractivity (Wildman–Crippen MR) is 270 cm³/mol. The molecular formula is C50H57BrFN10O6P. The first-order valence-electron chi connectivity index (χ1n) is 23.9. The van der Waals surface area contributed by atoms with Gasteiger partial charge in [-0.2, -0.15) is 4.98 Å². The number of ether oxygens (including phenoxy) is 1. The number of anilines is 5. The average molecular weight is 1020 g/mol. The van der Waals surface area contributed by atoms with Gasteiger partial charge in [0.15, 0.2) is 5.58 Å². The predicted octanol–water partition coefficient (Wildman–Crippen LogP) is 7.79. The average Bonchev–Trinajstić information content (AvgIpc) is 4.09. The molecule has 3 N–H and O–H groups in total. The van der Waals surface area contributed by atoms with Crippen LogP contribution in [0.4, 0.5) is 33.2 Å². The number of piperidine rings is 2. The molecule has 6 aromatic rings. The quantitative estimate of drug-likeness (QED) is 0.0711. The summed E-state index contributed by atoms with van der Waals surface area (Å²) < 4.78 is 43.0. The van der Waals surface area contributed by atoms with Crippen LogP contribution in [0.25, 0.3) is 22.0 Å². The Morgan fingerprint density at radius 1 is 0.913 bits per heavy atom. The van der Waals surface area contributed by atoms with Gasteiger partial charge in [-0.25, -0.2) is 14.2 Å². The maximum Gasteiger partial charge on any atom is 0.420 e. The second-order valence-electron chi connectivity index (χ2n) is 19.1. The number of rotatable bonds is 14. The van der Waals surface area contributed by atoms with Crippen LogP contribution in [-0.2, 0) is 27.0 Å². The number of piperazine rings is 1. The summed E-state index contributed by atoms with van der Waals surface area (Å²) in [5, 5.41) is 10.8. The summed E-state index contributed by atoms with van der Waals surface area (Å²) in [6.45, 7) is 13.8. The Balaban J connectivity index is 0.772. The number of fused-ring (bicyclic) bond motifs is 2. The molecule has 4 aliphatic rings. The SMILES string of the molecule is CCc1cc(Nc2ncc(Br)c(Nc3ccc4nc(C)ccc4c3P(C)(C)=O)n2)c(OC2CC2)cc1N1CCC(N2CCN(CCc3cc4oc(=O)n(C5CCC(=O)NC5=O)c4cc3F)CC2)CC1. The first-order chi connectivity index (χ1) is 33.2. The van der Waals surface area contributed by atoms with Crippen molar-refractivity contribution in [1.29, 1.82) is 0 Å². The van der Waals surface area contributed by atoms with Crippen molar-refractivity contribution in [2.45, 2.75) is 83.4 Å². The van der Waals surface area contributed by atoms with Gasteiger partial charge < -0.3 is 34.2 Å². The molecule has 19 heteroatoms. The van der Waals surface area contributed by atoms with Crippen LogP contribution in [0, 0.1) is 12.7 Å². The van der Waals surface area contributed by atoms with Gasteiger partial charge in [0, 0.05) is 98.7 Å². The minimum atomic E-state index is -2.75. The summed E-state index contributed by atoms with van der Waals surface area (Å²) >= 11 is 3.64. The molecule has 2 amide bonds. The summed E-state index contributed by atoms with van der Waals surface area (Å²) in [4.78, 5) is 58.6. The number of pyridine rings is 1. The summed E-state index contributed by atoms with van der Waals surface area (Å²) in [5.41, 5.74) is 6.50. The van der Waals surface area contributed by atoms with E-state index in [9.17, 15) is 18.9 Å². The Bertz CT molecular complexity index is 3080. The zero-order valence-corrected chi connectivity index (χ0v) is 41.8. The van der Waals surface area contributed by atoms with Crippen LogP contribution in [0.5, 0.6) is 5.75 Å². The molecule has 10 rings (SSSR count). The van der Waals surface area contributed by atoms with Crippen LogP contribution < -0.4 is 36.6 Å². The Morgan fingerprint density at radius 2 is 1.70 bits per heavy atom. The molecule has 0 radical (unpaired) electrons. The van der Waals surface area contributed by atoms with Crippen molar-refractivity contribution in [3.63, 3.8) is 0 Å². The van der Waals surface area contributed by atoms with Gasteiger partial charge in [0.2, 0.25) is 17.8 Å². The number of imide groups is 1. The van der Waals surface area contributed by atoms with Gasteiger partial charge in [-0.1, -0.05) is 13.0 Å². The van der Waals surface area contributed by atoms with Gasteiger partial charge in [0.05, 0.1) is 33.0 Å². The standard InChI is InChI=1S/C50H57BrFN10O6P/c1-5-30-24-39(56-49-53-28-35(51)47(58-49)55-38-11-10-37-34(9-6-29(2)54-37)46(38)69(3,4)66)43(67-33-7-8-33)27-41(30)61-18-15-32(16-19-61)60-22-20-59(21-23-60)17-14-31-25-44-42(26-36(31)52)62(50(65)68-44)40-12-13-45(63)57-48(40)64/h6,9-11,24-28,32-33,40H,5,7-8,12-23H2,1-4H3,(H,57,63,64)(H2,53,55,56,58). The van der Waals surface area contributed by atoms with E-state index in [1.54, 1.807) is 25.6 Å². The van der Waals surface area contributed by atoms with Gasteiger partial charge in [0.1, 0.15) is 30.6 Å². The minimum absolute atomic E-state index is 0.0966. The number of carbonyl (C=O) groups is 2. The third-order valence-corrected chi connectivity index (χ3v) is 16.0. The normalized spacial score (nSPS) is 18.8. The Labute approximate surface area is 407 Å². The maximum atomic E-state index is 15.5. The fourth-order valence-corrected chi connectivity index (χ4v) is 11.9. The van der Waals surface area contributed by atoms with E-state index in [-0.39, 0.29) is 30.0 Å². The van der Waals surface area contributed by atoms with Crippen LogP contribution >= 0.6 is 23.1 Å². The Morgan fingerprint density at radius 3 is 2.42 bits per heavy atom. The second kappa shape index (κ2) is 19.3. The lowest BCUT2D eigenvalue weighted by atomic mass is 9.99. The van der Waals surface area contributed by atoms with E-state index in [1.165, 1.54) is 17.3 Å². The van der Waals surface area contributed by atoms with Crippen molar-refractivity contribution < 1.29 is 27.7 Å². The molecule has 362 valence electrons. The third kappa shape index (κ3) is 10.0. The lowest BCUT2D eigenvalue weighted by Gasteiger charge is -2.43. The summed E-state index contributed by atoms with van der Waals surface area (Å²) in [6, 6.07) is 14.5. The lowest BCUT2D eigenvalue weighted by Crippen LogP contribution is -2.53. The number of hydrogen-bond donors (Lipinski definition) is 3. The summed E-state index contributed by atoms with van der Waals surface area (Å²) in [5.74, 6) is -0.467. The Hall–Kier alpha value is -5.68. The summed E-state index contributed by atoms with van der Waals surface area (Å²) in [7, 11) is -2.75. The highest BCUT2D eigenvalue weighted by molar-refractivity contribution is 9.10. The maximum absolute atomic E-state index is 15.5. The highest BCUT2D eigenvalue weighted by Crippen LogP contribution is 2.43. The van der Waals surface area contributed by atoms with Crippen LogP contribution in [-0.4, -0.2) is 112 Å². The third-order valence-electron chi connectivity index (χ3n) is 13.9. The molecule has 3 aliphatic heterocycles. The molecule has 16 nitrogen and oxygen atoms in total.